The molecule has 18 aromatic rings. The van der Waals surface area contributed by atoms with E-state index in [1.165, 1.54) is 36.2 Å². The molecule has 0 saturated heterocycles. The first-order valence-corrected chi connectivity index (χ1v) is 51.1. The molecule has 0 fully saturated rings. The first-order valence-electron chi connectivity index (χ1n) is 48.2. The van der Waals surface area contributed by atoms with Crippen molar-refractivity contribution in [3.8, 4) is 63.2 Å². The molecule has 0 radical (unpaired) electrons. The molecule has 0 saturated carbocycles. The van der Waals surface area contributed by atoms with Gasteiger partial charge in [0.15, 0.2) is 11.9 Å². The van der Waals surface area contributed by atoms with Gasteiger partial charge in [-0.25, -0.2) is 4.57 Å². The Hall–Kier alpha value is -16.4. The highest BCUT2D eigenvalue weighted by Crippen LogP contribution is 2.43. The lowest BCUT2D eigenvalue weighted by molar-refractivity contribution is -0.679. The molecule has 18 rings (SSSR count). The largest absolute Gasteiger partial charge is 1.00 e. The number of hydrogen-bond donors (Lipinski definition) is 7. The van der Waals surface area contributed by atoms with Crippen LogP contribution in [0.15, 0.2) is 438 Å². The molecule has 5 atom stereocenters. The van der Waals surface area contributed by atoms with Crippen molar-refractivity contribution in [2.45, 2.75) is 128 Å². The average Bonchev–Trinajstić information content (AvgIpc) is 0.538. The molecule has 146 heavy (non-hydrogen) atoms. The number of phenols is 7. The zero-order chi connectivity index (χ0) is 103. The highest BCUT2D eigenvalue weighted by molar-refractivity contribution is 6.74. The lowest BCUT2D eigenvalue weighted by Gasteiger charge is -2.36. The Morgan fingerprint density at radius 2 is 0.610 bits per heavy atom. The molecule has 0 aliphatic heterocycles. The van der Waals surface area contributed by atoms with Gasteiger partial charge in [0.2, 0.25) is 8.32 Å². The van der Waals surface area contributed by atoms with E-state index in [1.807, 2.05) is 237 Å². The Morgan fingerprint density at radius 1 is 0.322 bits per heavy atom. The highest BCUT2D eigenvalue weighted by Gasteiger charge is 2.39. The maximum atomic E-state index is 11.2. The normalized spacial score (nSPS) is 11.9. The molecule has 0 aliphatic rings. The summed E-state index contributed by atoms with van der Waals surface area (Å²) in [6.45, 7) is 20.4. The summed E-state index contributed by atoms with van der Waals surface area (Å²) in [5.74, 6) is 4.04. The number of phenolic OH excluding ortho intramolecular Hbond substituents is 7. The van der Waals surface area contributed by atoms with E-state index in [1.54, 1.807) is 122 Å². The number of esters is 2. The standard InChI is InChI=1S/C26H31NO3Si.C23H25NO2.C20H17NO3.C20H19NO.2C18H15NO2.HI/c1-19(28)29-22-14-10-20(11-15-22)25(24-9-7-8-18-27-24)21-12-16-23(17-13-21)30-31(5,6)26(2,3)4;1-3-6-17(2)26-21-14-10-19(11-15-21)23(22-7-4-5-16-24-22)18-8-12-20(25)13-9-18;1-14(22)24-18-11-7-16(8-12-18)20(19-4-2-3-13-21-19)15-5-9-17(23)10-6-15;1-15-6-8-16(9-7-15)20(17-10-12-18(22)13-11-17)19-5-3-4-14-21(19)2;20-16-5-1-13(2-6-16)18(15-9-11-19-12-10-15)14-3-7-17(21)8-4-14;20-16-7-3-13(4-8-16)18(15-2-1-11-19-12-15)14-5-9-17(21)10-6-14;/h7-18,25H,1-6H3;4-5,7-17,23,25H,3,6H2,1-2H3;2-13,20,23H,1H3;3-14,20H,1-2H3;2*1-12,18,20-21H;1H. The Morgan fingerprint density at radius 3 is 0.904 bits per heavy atom. The number of halogens is 1. The van der Waals surface area contributed by atoms with Crippen LogP contribution in [0.5, 0.6) is 63.2 Å². The van der Waals surface area contributed by atoms with Crippen molar-refractivity contribution in [2.24, 2.45) is 7.05 Å². The maximum Gasteiger partial charge on any atom is 0.308 e. The molecule has 0 amide bonds. The van der Waals surface area contributed by atoms with E-state index in [0.717, 1.165) is 108 Å². The number of rotatable bonds is 26. The number of benzene rings is 12. The van der Waals surface area contributed by atoms with Gasteiger partial charge in [0, 0.05) is 81.2 Å². The van der Waals surface area contributed by atoms with E-state index in [4.69, 9.17) is 18.6 Å². The molecule has 0 aliphatic carbocycles. The van der Waals surface area contributed by atoms with Crippen LogP contribution in [-0.2, 0) is 16.6 Å². The maximum absolute atomic E-state index is 11.2. The van der Waals surface area contributed by atoms with Crippen molar-refractivity contribution in [3.05, 3.63) is 544 Å². The fourth-order valence-corrected chi connectivity index (χ4v) is 17.7. The Kier molecular flexibility index (Phi) is 39.4. The van der Waals surface area contributed by atoms with Crippen LogP contribution in [0.3, 0.4) is 0 Å². The summed E-state index contributed by atoms with van der Waals surface area (Å²) >= 11 is 0. The van der Waals surface area contributed by atoms with Crippen LogP contribution in [0.2, 0.25) is 18.1 Å². The van der Waals surface area contributed by atoms with Gasteiger partial charge in [-0.15, -0.1) is 0 Å². The van der Waals surface area contributed by atoms with Crippen molar-refractivity contribution in [2.75, 3.05) is 0 Å². The summed E-state index contributed by atoms with van der Waals surface area (Å²) in [5.41, 5.74) is 20.7. The van der Waals surface area contributed by atoms with Gasteiger partial charge in [0.25, 0.3) is 0 Å². The van der Waals surface area contributed by atoms with E-state index in [9.17, 15) is 45.3 Å². The first-order chi connectivity index (χ1) is 70.0. The number of ether oxygens (including phenoxy) is 3. The number of hydrogen-bond acceptors (Lipinski definition) is 18. The van der Waals surface area contributed by atoms with Crippen LogP contribution in [0.4, 0.5) is 0 Å². The molecule has 6 heterocycles. The van der Waals surface area contributed by atoms with Crippen molar-refractivity contribution < 1.29 is 92.5 Å². The summed E-state index contributed by atoms with van der Waals surface area (Å²) in [7, 11) is 0.175. The minimum absolute atomic E-state index is 0. The van der Waals surface area contributed by atoms with Crippen LogP contribution in [-0.4, -0.2) is 87.0 Å². The molecule has 5 unspecified atom stereocenters. The van der Waals surface area contributed by atoms with Crippen molar-refractivity contribution in [1.82, 2.24) is 24.9 Å². The third-order valence-electron chi connectivity index (χ3n) is 25.0. The van der Waals surface area contributed by atoms with Gasteiger partial charge >= 0.3 is 11.9 Å². The summed E-state index contributed by atoms with van der Waals surface area (Å²) in [6.07, 6.45) is 16.9. The average molecular weight is 2070 g/mol. The summed E-state index contributed by atoms with van der Waals surface area (Å²) in [6, 6.07) is 123. The van der Waals surface area contributed by atoms with E-state index in [0.29, 0.717) is 17.2 Å². The van der Waals surface area contributed by atoms with Crippen LogP contribution in [0.25, 0.3) is 0 Å². The minimum Gasteiger partial charge on any atom is -1.00 e. The Bertz CT molecular complexity index is 6740. The van der Waals surface area contributed by atoms with E-state index < -0.39 is 8.32 Å². The second kappa shape index (κ2) is 53.1. The summed E-state index contributed by atoms with van der Waals surface area (Å²) < 4.78 is 24.8. The molecular formula is C125H123IN6O13Si. The van der Waals surface area contributed by atoms with E-state index in [-0.39, 0.29) is 117 Å². The van der Waals surface area contributed by atoms with E-state index in [2.05, 4.69) is 170 Å². The van der Waals surface area contributed by atoms with Gasteiger partial charge in [-0.1, -0.05) is 228 Å². The number of nitrogens with zero attached hydrogens (tertiary/aromatic N) is 6. The van der Waals surface area contributed by atoms with Crippen molar-refractivity contribution in [1.29, 1.82) is 0 Å². The fourth-order valence-electron chi connectivity index (χ4n) is 16.7. The van der Waals surface area contributed by atoms with Gasteiger partial charge in [-0.2, -0.15) is 0 Å². The van der Waals surface area contributed by atoms with Crippen LogP contribution < -0.4 is 47.2 Å². The number of aromatic hydroxyl groups is 7. The molecule has 12 aromatic carbocycles. The number of carbonyl (C=O) groups excluding carboxylic acids is 2. The zero-order valence-corrected chi connectivity index (χ0v) is 86.8. The molecule has 19 nitrogen and oxygen atoms in total. The molecule has 0 bridgehead atoms. The smallest absolute Gasteiger partial charge is 0.308 e. The molecule has 21 heteroatoms. The molecular weight excluding hydrogens is 1950 g/mol. The highest BCUT2D eigenvalue weighted by atomic mass is 127. The van der Waals surface area contributed by atoms with Gasteiger partial charge in [0.1, 0.15) is 70.3 Å². The summed E-state index contributed by atoms with van der Waals surface area (Å²) in [5, 5.41) is 66.7. The quantitative estimate of drug-likeness (QED) is 0.00872. The number of aromatic nitrogens is 6. The van der Waals surface area contributed by atoms with Crippen LogP contribution >= 0.6 is 0 Å². The van der Waals surface area contributed by atoms with E-state index >= 15 is 0 Å². The second-order valence-corrected chi connectivity index (χ2v) is 41.5. The van der Waals surface area contributed by atoms with Gasteiger partial charge in [0.05, 0.1) is 46.9 Å². The number of carbonyl (C=O) groups is 2. The van der Waals surface area contributed by atoms with Gasteiger partial charge < -0.3 is 78.4 Å². The number of pyridine rings is 6. The summed E-state index contributed by atoms with van der Waals surface area (Å²) in [4.78, 5) is 44.2. The van der Waals surface area contributed by atoms with Crippen molar-refractivity contribution in [3.63, 3.8) is 0 Å². The van der Waals surface area contributed by atoms with Gasteiger partial charge in [-0.3, -0.25) is 34.5 Å². The predicted molar refractivity (Wildman–Crippen MR) is 574 cm³/mol. The Labute approximate surface area is 873 Å². The third-order valence-corrected chi connectivity index (χ3v) is 29.3. The Balaban J connectivity index is 0.000000156. The second-order valence-electron chi connectivity index (χ2n) is 36.8. The van der Waals surface area contributed by atoms with Crippen LogP contribution in [0.1, 0.15) is 203 Å². The predicted octanol–water partition coefficient (Wildman–Crippen LogP) is 24.1. The van der Waals surface area contributed by atoms with Gasteiger partial charge in [-0.05, 0) is 304 Å². The minimum atomic E-state index is -1.89. The topological polar surface area (TPSA) is 281 Å². The molecule has 0 spiro atoms. The molecule has 6 aromatic heterocycles. The monoisotopic (exact) mass is 2070 g/mol. The van der Waals surface area contributed by atoms with Crippen LogP contribution in [0, 0.1) is 6.92 Å². The zero-order valence-electron chi connectivity index (χ0n) is 83.7. The molecule has 7 N–H and O–H groups in total. The SMILES string of the molecule is CC(=O)Oc1ccc(C(c2ccc(O)cc2)c2ccccn2)cc1.CC(=O)Oc1ccc(C(c2ccc(O[Si](C)(C)C(C)(C)C)cc2)c2ccccn2)cc1.CCCC(C)Oc1ccc(C(c2ccc(O)cc2)c2ccccn2)cc1.Cc1ccc(C(c2ccc(O)cc2)c2cccc[n+]2C)cc1.Oc1ccc(C(c2ccc(O)cc2)c2cccnc2)cc1.Oc1ccc(C(c2ccncc2)c2ccc(O)cc2)cc1.[I-]. The lowest BCUT2D eigenvalue weighted by atomic mass is 9.85. The lowest BCUT2D eigenvalue weighted by Crippen LogP contribution is -3.00. The number of aryl methyl sites for hydroxylation is 2. The van der Waals surface area contributed by atoms with Crippen molar-refractivity contribution >= 4 is 20.3 Å². The third kappa shape index (κ3) is 31.3. The fraction of sp³-hybridized carbons (Fsp3) is 0.168. The first kappa shape index (κ1) is 108. The molecule has 742 valence electrons.